The van der Waals surface area contributed by atoms with E-state index < -0.39 is 6.10 Å². The maximum absolute atomic E-state index is 12.2. The van der Waals surface area contributed by atoms with E-state index in [9.17, 15) is 9.90 Å². The second-order valence-corrected chi connectivity index (χ2v) is 4.24. The van der Waals surface area contributed by atoms with Gasteiger partial charge in [0.25, 0.3) is 0 Å². The molecule has 1 N–H and O–H groups in total. The molecule has 3 rings (SSSR count). The number of aliphatic hydroxyl groups is 1. The average molecular weight is 212 g/mol. The van der Waals surface area contributed by atoms with Crippen molar-refractivity contribution in [3.05, 3.63) is 59.2 Å². The van der Waals surface area contributed by atoms with Gasteiger partial charge in [-0.15, -0.1) is 0 Å². The van der Waals surface area contributed by atoms with Gasteiger partial charge < -0.3 is 5.11 Å². The highest BCUT2D eigenvalue weighted by Gasteiger charge is 2.36. The van der Waals surface area contributed by atoms with E-state index >= 15 is 0 Å². The summed E-state index contributed by atoms with van der Waals surface area (Å²) in [5, 5.41) is 10.2. The minimum absolute atomic E-state index is 0.136. The monoisotopic (exact) mass is 212 g/mol. The Bertz CT molecular complexity index is 511. The van der Waals surface area contributed by atoms with Crippen LogP contribution >= 0.6 is 0 Å². The molecular weight excluding hydrogens is 200 g/mol. The molecule has 0 bridgehead atoms. The predicted octanol–water partition coefficient (Wildman–Crippen LogP) is 2.42. The predicted molar refractivity (Wildman–Crippen MR) is 61.1 cm³/mol. The third kappa shape index (κ3) is 1.20. The van der Waals surface area contributed by atoms with Gasteiger partial charge in [-0.3, -0.25) is 4.79 Å². The Kier molecular flexibility index (Phi) is 2.04. The quantitative estimate of drug-likeness (QED) is 0.717. The zero-order chi connectivity index (χ0) is 11.1. The third-order valence-electron chi connectivity index (χ3n) is 3.35. The number of hydrogen-bond donors (Lipinski definition) is 1. The van der Waals surface area contributed by atoms with E-state index in [-0.39, 0.29) is 11.7 Å². The largest absolute Gasteiger partial charge is 0.384 e. The first-order valence-corrected chi connectivity index (χ1v) is 5.47. The zero-order valence-electron chi connectivity index (χ0n) is 8.76. The van der Waals surface area contributed by atoms with Crippen molar-refractivity contribution in [2.75, 3.05) is 0 Å². The van der Waals surface area contributed by atoms with Gasteiger partial charge in [0.1, 0.15) is 6.10 Å². The third-order valence-corrected chi connectivity index (χ3v) is 3.35. The molecule has 2 aliphatic rings. The summed E-state index contributed by atoms with van der Waals surface area (Å²) in [7, 11) is 0. The summed E-state index contributed by atoms with van der Waals surface area (Å²) in [6.07, 6.45) is 5.84. The lowest BCUT2D eigenvalue weighted by Gasteiger charge is -2.31. The van der Waals surface area contributed by atoms with Crippen LogP contribution < -0.4 is 0 Å². The molecule has 2 atom stereocenters. The van der Waals surface area contributed by atoms with Crippen LogP contribution in [0.1, 0.15) is 28.4 Å². The van der Waals surface area contributed by atoms with Gasteiger partial charge in [0, 0.05) is 11.5 Å². The Labute approximate surface area is 93.9 Å². The minimum Gasteiger partial charge on any atom is -0.384 e. The highest BCUT2D eigenvalue weighted by atomic mass is 16.3. The Morgan fingerprint density at radius 1 is 1.25 bits per heavy atom. The highest BCUT2D eigenvalue weighted by Crippen LogP contribution is 2.40. The molecule has 2 heteroatoms. The summed E-state index contributed by atoms with van der Waals surface area (Å²) in [6, 6.07) is 7.33. The fourth-order valence-electron chi connectivity index (χ4n) is 2.51. The fraction of sp³-hybridized carbons (Fsp3) is 0.214. The van der Waals surface area contributed by atoms with E-state index in [0.29, 0.717) is 12.0 Å². The second-order valence-electron chi connectivity index (χ2n) is 4.24. The second kappa shape index (κ2) is 3.42. The first-order chi connectivity index (χ1) is 7.79. The summed E-state index contributed by atoms with van der Waals surface area (Å²) in [5.74, 6) is -0.0219. The molecule has 2 nitrogen and oxygen atoms in total. The van der Waals surface area contributed by atoms with Gasteiger partial charge in [-0.05, 0) is 17.6 Å². The normalized spacial score (nSPS) is 27.1. The van der Waals surface area contributed by atoms with E-state index in [1.165, 1.54) is 0 Å². The summed E-state index contributed by atoms with van der Waals surface area (Å²) in [6.45, 7) is 0. The first-order valence-electron chi connectivity index (χ1n) is 5.47. The zero-order valence-corrected chi connectivity index (χ0v) is 8.76. The molecule has 0 radical (unpaired) electrons. The molecule has 0 amide bonds. The van der Waals surface area contributed by atoms with E-state index in [0.717, 1.165) is 11.1 Å². The summed E-state index contributed by atoms with van der Waals surface area (Å²) in [5.41, 5.74) is 2.25. The van der Waals surface area contributed by atoms with E-state index in [4.69, 9.17) is 0 Å². The first kappa shape index (κ1) is 9.55. The molecule has 0 aromatic heterocycles. The molecule has 1 aromatic carbocycles. The molecule has 80 valence electrons. The maximum atomic E-state index is 12.2. The topological polar surface area (TPSA) is 37.3 Å². The van der Waals surface area contributed by atoms with Crippen molar-refractivity contribution in [3.8, 4) is 0 Å². The number of allylic oxidation sites excluding steroid dienone is 3. The Balaban J connectivity index is 2.20. The average Bonchev–Trinajstić information content (AvgIpc) is 2.36. The molecule has 1 aromatic rings. The number of carbonyl (C=O) groups is 1. The molecule has 0 spiro atoms. The SMILES string of the molecule is O=C1c2ccccc2C(O)C2=CC=CCC12. The smallest absolute Gasteiger partial charge is 0.170 e. The number of fused-ring (bicyclic) bond motifs is 2. The van der Waals surface area contributed by atoms with Crippen LogP contribution in [0.25, 0.3) is 0 Å². The van der Waals surface area contributed by atoms with E-state index in [1.807, 2.05) is 36.4 Å². The molecule has 2 aliphatic carbocycles. The lowest BCUT2D eigenvalue weighted by Crippen LogP contribution is -2.28. The van der Waals surface area contributed by atoms with E-state index in [1.54, 1.807) is 6.07 Å². The summed E-state index contributed by atoms with van der Waals surface area (Å²) in [4.78, 5) is 12.2. The minimum atomic E-state index is -0.621. The van der Waals surface area contributed by atoms with Gasteiger partial charge in [-0.1, -0.05) is 42.5 Å². The van der Waals surface area contributed by atoms with Gasteiger partial charge in [0.2, 0.25) is 0 Å². The van der Waals surface area contributed by atoms with Crippen molar-refractivity contribution in [2.45, 2.75) is 12.5 Å². The van der Waals surface area contributed by atoms with Crippen LogP contribution in [0.4, 0.5) is 0 Å². The van der Waals surface area contributed by atoms with Gasteiger partial charge in [-0.25, -0.2) is 0 Å². The number of rotatable bonds is 0. The highest BCUT2D eigenvalue weighted by molar-refractivity contribution is 6.03. The Morgan fingerprint density at radius 2 is 2.06 bits per heavy atom. The number of hydrogen-bond acceptors (Lipinski definition) is 2. The summed E-state index contributed by atoms with van der Waals surface area (Å²) >= 11 is 0. The molecule has 0 heterocycles. The fourth-order valence-corrected chi connectivity index (χ4v) is 2.51. The Morgan fingerprint density at radius 3 is 2.94 bits per heavy atom. The van der Waals surface area contributed by atoms with Crippen LogP contribution in [-0.2, 0) is 0 Å². The van der Waals surface area contributed by atoms with Gasteiger partial charge in [-0.2, -0.15) is 0 Å². The van der Waals surface area contributed by atoms with Crippen molar-refractivity contribution >= 4 is 5.78 Å². The molecule has 2 unspecified atom stereocenters. The molecule has 0 saturated carbocycles. The molecule has 0 fully saturated rings. The molecular formula is C14H12O2. The van der Waals surface area contributed by atoms with Gasteiger partial charge >= 0.3 is 0 Å². The van der Waals surface area contributed by atoms with E-state index in [2.05, 4.69) is 0 Å². The van der Waals surface area contributed by atoms with Crippen LogP contribution in [0.3, 0.4) is 0 Å². The summed E-state index contributed by atoms with van der Waals surface area (Å²) < 4.78 is 0. The van der Waals surface area contributed by atoms with Crippen molar-refractivity contribution in [1.29, 1.82) is 0 Å². The molecule has 0 saturated heterocycles. The molecule has 0 aliphatic heterocycles. The van der Waals surface area contributed by atoms with Crippen LogP contribution in [0.2, 0.25) is 0 Å². The maximum Gasteiger partial charge on any atom is 0.170 e. The van der Waals surface area contributed by atoms with Crippen molar-refractivity contribution < 1.29 is 9.90 Å². The standard InChI is InChI=1S/C14H12O2/c15-13-9-5-1-2-6-10(9)14(16)12-8-4-3-7-11(12)13/h1-7,12-13,15H,8H2. The van der Waals surface area contributed by atoms with Crippen LogP contribution in [0, 0.1) is 5.92 Å². The van der Waals surface area contributed by atoms with Gasteiger partial charge in [0.05, 0.1) is 0 Å². The van der Waals surface area contributed by atoms with Crippen molar-refractivity contribution in [3.63, 3.8) is 0 Å². The van der Waals surface area contributed by atoms with Crippen LogP contribution in [-0.4, -0.2) is 10.9 Å². The van der Waals surface area contributed by atoms with Crippen molar-refractivity contribution in [2.24, 2.45) is 5.92 Å². The van der Waals surface area contributed by atoms with Crippen LogP contribution in [0.5, 0.6) is 0 Å². The number of Topliss-reactive ketones (excluding diaryl/α,β-unsaturated/α-hetero) is 1. The Hall–Kier alpha value is -1.67. The number of carbonyl (C=O) groups excluding carboxylic acids is 1. The number of benzene rings is 1. The van der Waals surface area contributed by atoms with Gasteiger partial charge in [0.15, 0.2) is 5.78 Å². The van der Waals surface area contributed by atoms with Crippen LogP contribution in [0.15, 0.2) is 48.1 Å². The lowest BCUT2D eigenvalue weighted by atomic mass is 9.74. The van der Waals surface area contributed by atoms with Crippen molar-refractivity contribution in [1.82, 2.24) is 0 Å². The number of aliphatic hydroxyl groups excluding tert-OH is 1. The lowest BCUT2D eigenvalue weighted by molar-refractivity contribution is 0.0885. The number of ketones is 1. The molecule has 16 heavy (non-hydrogen) atoms.